The smallest absolute Gasteiger partial charge is 0.249 e. The van der Waals surface area contributed by atoms with E-state index in [1.54, 1.807) is 0 Å². The molecule has 0 aromatic carbocycles. The Bertz CT molecular complexity index is 239. The number of nitrogens with two attached hydrogens (primary N) is 2. The lowest BCUT2D eigenvalue weighted by atomic mass is 10.2. The monoisotopic (exact) mass is 235 g/mol. The number of carbonyl (C=O) groups is 1. The molecule has 88 valence electrons. The molecule has 15 heavy (non-hydrogen) atoms. The SMILES string of the molecule is Cl.NCC1CCC(C(=O)NC2CC2N)O1. The highest BCUT2D eigenvalue weighted by atomic mass is 35.5. The Morgan fingerprint density at radius 3 is 2.60 bits per heavy atom. The van der Waals surface area contributed by atoms with Crippen LogP contribution in [0.1, 0.15) is 19.3 Å². The third-order valence-electron chi connectivity index (χ3n) is 2.83. The summed E-state index contributed by atoms with van der Waals surface area (Å²) in [7, 11) is 0. The van der Waals surface area contributed by atoms with Gasteiger partial charge in [0, 0.05) is 18.6 Å². The van der Waals surface area contributed by atoms with Crippen molar-refractivity contribution in [3.8, 4) is 0 Å². The van der Waals surface area contributed by atoms with Crippen molar-refractivity contribution in [2.75, 3.05) is 6.54 Å². The number of hydrogen-bond acceptors (Lipinski definition) is 4. The Balaban J connectivity index is 0.00000112. The standard InChI is InChI=1S/C9H17N3O2.ClH/c10-4-5-1-2-8(14-5)9(13)12-7-3-6(7)11;/h5-8H,1-4,10-11H2,(H,12,13);1H. The molecule has 1 saturated carbocycles. The molecule has 5 nitrogen and oxygen atoms in total. The van der Waals surface area contributed by atoms with Crippen LogP contribution in [0.3, 0.4) is 0 Å². The summed E-state index contributed by atoms with van der Waals surface area (Å²) in [5.41, 5.74) is 11.0. The van der Waals surface area contributed by atoms with Gasteiger partial charge in [0.05, 0.1) is 6.10 Å². The van der Waals surface area contributed by atoms with Gasteiger partial charge in [-0.2, -0.15) is 0 Å². The number of ether oxygens (including phenoxy) is 1. The number of hydrogen-bond donors (Lipinski definition) is 3. The maximum atomic E-state index is 11.6. The Hall–Kier alpha value is -0.360. The highest BCUT2D eigenvalue weighted by Gasteiger charge is 2.38. The summed E-state index contributed by atoms with van der Waals surface area (Å²) in [5, 5.41) is 2.86. The summed E-state index contributed by atoms with van der Waals surface area (Å²) in [6, 6.07) is 0.314. The van der Waals surface area contributed by atoms with Crippen molar-refractivity contribution in [1.29, 1.82) is 0 Å². The Kier molecular flexibility index (Phi) is 4.33. The molecule has 0 aromatic heterocycles. The van der Waals surface area contributed by atoms with Crippen LogP contribution < -0.4 is 16.8 Å². The van der Waals surface area contributed by atoms with E-state index in [-0.39, 0.29) is 42.6 Å². The summed E-state index contributed by atoms with van der Waals surface area (Å²) in [4.78, 5) is 11.6. The van der Waals surface area contributed by atoms with Crippen molar-refractivity contribution in [3.63, 3.8) is 0 Å². The van der Waals surface area contributed by atoms with Crippen LogP contribution in [0.2, 0.25) is 0 Å². The fraction of sp³-hybridized carbons (Fsp3) is 0.889. The van der Waals surface area contributed by atoms with Crippen LogP contribution in [0.15, 0.2) is 0 Å². The first kappa shape index (κ1) is 12.7. The number of rotatable bonds is 3. The second-order valence-corrected chi connectivity index (χ2v) is 4.07. The minimum absolute atomic E-state index is 0. The lowest BCUT2D eigenvalue weighted by Gasteiger charge is -2.12. The van der Waals surface area contributed by atoms with Gasteiger partial charge in [-0.05, 0) is 19.3 Å². The molecule has 1 saturated heterocycles. The molecule has 0 aromatic rings. The van der Waals surface area contributed by atoms with E-state index in [9.17, 15) is 4.79 Å². The molecule has 5 N–H and O–H groups in total. The first-order valence-electron chi connectivity index (χ1n) is 5.12. The summed E-state index contributed by atoms with van der Waals surface area (Å²) in [5.74, 6) is -0.0288. The summed E-state index contributed by atoms with van der Waals surface area (Å²) in [6.45, 7) is 0.493. The zero-order valence-corrected chi connectivity index (χ0v) is 9.33. The van der Waals surface area contributed by atoms with E-state index in [0.29, 0.717) is 6.54 Å². The van der Waals surface area contributed by atoms with Gasteiger partial charge in [-0.25, -0.2) is 0 Å². The van der Waals surface area contributed by atoms with Crippen LogP contribution in [-0.4, -0.2) is 36.7 Å². The number of nitrogens with one attached hydrogen (secondary N) is 1. The minimum atomic E-state index is -0.309. The molecule has 1 amide bonds. The van der Waals surface area contributed by atoms with Crippen LogP contribution in [-0.2, 0) is 9.53 Å². The average Bonchev–Trinajstić information content (AvgIpc) is 2.72. The van der Waals surface area contributed by atoms with E-state index >= 15 is 0 Å². The van der Waals surface area contributed by atoms with Crippen LogP contribution in [0, 0.1) is 0 Å². The van der Waals surface area contributed by atoms with E-state index in [1.807, 2.05) is 0 Å². The van der Waals surface area contributed by atoms with Crippen LogP contribution in [0.5, 0.6) is 0 Å². The molecule has 2 rings (SSSR count). The first-order valence-corrected chi connectivity index (χ1v) is 5.12. The van der Waals surface area contributed by atoms with Gasteiger partial charge in [-0.3, -0.25) is 4.79 Å². The van der Waals surface area contributed by atoms with Crippen molar-refractivity contribution in [2.45, 2.75) is 43.6 Å². The van der Waals surface area contributed by atoms with Crippen molar-refractivity contribution in [2.24, 2.45) is 11.5 Å². The normalized spacial score (nSPS) is 38.3. The summed E-state index contributed by atoms with van der Waals surface area (Å²) < 4.78 is 5.46. The van der Waals surface area contributed by atoms with Crippen LogP contribution >= 0.6 is 12.4 Å². The Morgan fingerprint density at radius 2 is 2.13 bits per heavy atom. The molecular formula is C9H18ClN3O2. The lowest BCUT2D eigenvalue weighted by molar-refractivity contribution is -0.132. The molecule has 2 aliphatic rings. The molecule has 0 spiro atoms. The van der Waals surface area contributed by atoms with E-state index < -0.39 is 0 Å². The van der Waals surface area contributed by atoms with Gasteiger partial charge in [0.1, 0.15) is 6.10 Å². The summed E-state index contributed by atoms with van der Waals surface area (Å²) >= 11 is 0. The van der Waals surface area contributed by atoms with Gasteiger partial charge in [0.15, 0.2) is 0 Å². The molecule has 4 unspecified atom stereocenters. The van der Waals surface area contributed by atoms with Gasteiger partial charge < -0.3 is 21.5 Å². The molecule has 1 aliphatic heterocycles. The van der Waals surface area contributed by atoms with Crippen molar-refractivity contribution in [1.82, 2.24) is 5.32 Å². The zero-order valence-electron chi connectivity index (χ0n) is 8.52. The largest absolute Gasteiger partial charge is 0.364 e. The highest BCUT2D eigenvalue weighted by Crippen LogP contribution is 2.22. The van der Waals surface area contributed by atoms with Crippen molar-refractivity contribution >= 4 is 18.3 Å². The second kappa shape index (κ2) is 5.12. The zero-order chi connectivity index (χ0) is 10.1. The van der Waals surface area contributed by atoms with E-state index in [0.717, 1.165) is 19.3 Å². The number of amides is 1. The quantitative estimate of drug-likeness (QED) is 0.593. The molecular weight excluding hydrogens is 218 g/mol. The third-order valence-corrected chi connectivity index (χ3v) is 2.83. The summed E-state index contributed by atoms with van der Waals surface area (Å²) in [6.07, 6.45) is 2.29. The molecule has 0 bridgehead atoms. The Labute approximate surface area is 95.3 Å². The highest BCUT2D eigenvalue weighted by molar-refractivity contribution is 5.85. The topological polar surface area (TPSA) is 90.4 Å². The van der Waals surface area contributed by atoms with E-state index in [2.05, 4.69) is 5.32 Å². The molecule has 6 heteroatoms. The van der Waals surface area contributed by atoms with Gasteiger partial charge in [-0.15, -0.1) is 12.4 Å². The second-order valence-electron chi connectivity index (χ2n) is 4.07. The predicted octanol–water partition coefficient (Wildman–Crippen LogP) is -0.870. The molecule has 1 aliphatic carbocycles. The van der Waals surface area contributed by atoms with Gasteiger partial charge in [0.2, 0.25) is 5.91 Å². The number of carbonyl (C=O) groups excluding carboxylic acids is 1. The molecule has 4 atom stereocenters. The number of halogens is 1. The van der Waals surface area contributed by atoms with E-state index in [4.69, 9.17) is 16.2 Å². The fourth-order valence-corrected chi connectivity index (χ4v) is 1.73. The lowest BCUT2D eigenvalue weighted by Crippen LogP contribution is -2.38. The fourth-order valence-electron chi connectivity index (χ4n) is 1.73. The molecule has 0 radical (unpaired) electrons. The maximum absolute atomic E-state index is 11.6. The predicted molar refractivity (Wildman–Crippen MR) is 58.7 cm³/mol. The third kappa shape index (κ3) is 3.04. The van der Waals surface area contributed by atoms with Gasteiger partial charge in [0.25, 0.3) is 0 Å². The minimum Gasteiger partial charge on any atom is -0.364 e. The Morgan fingerprint density at radius 1 is 1.47 bits per heavy atom. The maximum Gasteiger partial charge on any atom is 0.249 e. The molecule has 2 fully saturated rings. The van der Waals surface area contributed by atoms with Gasteiger partial charge in [-0.1, -0.05) is 0 Å². The molecule has 1 heterocycles. The van der Waals surface area contributed by atoms with Crippen LogP contribution in [0.4, 0.5) is 0 Å². The average molecular weight is 236 g/mol. The van der Waals surface area contributed by atoms with Crippen LogP contribution in [0.25, 0.3) is 0 Å². The van der Waals surface area contributed by atoms with Crippen molar-refractivity contribution < 1.29 is 9.53 Å². The van der Waals surface area contributed by atoms with Crippen molar-refractivity contribution in [3.05, 3.63) is 0 Å². The van der Waals surface area contributed by atoms with Gasteiger partial charge >= 0.3 is 0 Å². The first-order chi connectivity index (χ1) is 6.70. The van der Waals surface area contributed by atoms with E-state index in [1.165, 1.54) is 0 Å².